The number of nitrogens with zero attached hydrogens (tertiary/aromatic N) is 1. The van der Waals surface area contributed by atoms with Gasteiger partial charge in [0.1, 0.15) is 11.2 Å². The lowest BCUT2D eigenvalue weighted by atomic mass is 9.97. The smallest absolute Gasteiger partial charge is 0.242 e. The van der Waals surface area contributed by atoms with Crippen molar-refractivity contribution >= 4 is 23.2 Å². The van der Waals surface area contributed by atoms with E-state index in [0.717, 1.165) is 24.3 Å². The number of fused-ring (bicyclic) bond motifs is 1. The Kier molecular flexibility index (Phi) is 4.60. The van der Waals surface area contributed by atoms with Crippen molar-refractivity contribution in [3.05, 3.63) is 54.1 Å². The van der Waals surface area contributed by atoms with E-state index in [1.165, 1.54) is 5.56 Å². The van der Waals surface area contributed by atoms with Crippen LogP contribution in [-0.4, -0.2) is 25.0 Å². The molecule has 0 atom stereocenters. The molecule has 2 amide bonds. The molecule has 2 aromatic rings. The van der Waals surface area contributed by atoms with Gasteiger partial charge < -0.3 is 15.0 Å². The second-order valence-corrected chi connectivity index (χ2v) is 7.18. The van der Waals surface area contributed by atoms with Crippen molar-refractivity contribution in [1.29, 1.82) is 0 Å². The van der Waals surface area contributed by atoms with E-state index < -0.39 is 5.41 Å². The first-order valence-electron chi connectivity index (χ1n) is 9.58. The fourth-order valence-corrected chi connectivity index (χ4v) is 3.72. The number of para-hydroxylation sites is 1. The van der Waals surface area contributed by atoms with E-state index in [1.807, 2.05) is 42.2 Å². The van der Waals surface area contributed by atoms with Gasteiger partial charge >= 0.3 is 0 Å². The maximum absolute atomic E-state index is 13.3. The average molecular weight is 364 g/mol. The summed E-state index contributed by atoms with van der Waals surface area (Å²) in [6, 6.07) is 15.2. The number of rotatable bonds is 5. The molecule has 2 aliphatic rings. The molecule has 0 spiro atoms. The lowest BCUT2D eigenvalue weighted by Gasteiger charge is -2.32. The molecule has 0 saturated heterocycles. The Morgan fingerprint density at radius 1 is 1.11 bits per heavy atom. The zero-order valence-electron chi connectivity index (χ0n) is 15.5. The molecule has 140 valence electrons. The van der Waals surface area contributed by atoms with E-state index in [0.29, 0.717) is 31.7 Å². The van der Waals surface area contributed by atoms with Crippen molar-refractivity contribution in [1.82, 2.24) is 0 Å². The van der Waals surface area contributed by atoms with Crippen LogP contribution in [0.15, 0.2) is 48.5 Å². The molecule has 27 heavy (non-hydrogen) atoms. The maximum atomic E-state index is 13.3. The SMILES string of the molecule is CCOc1ccc(NC(=O)C2(C(=O)N3CCCc4ccccc43)CC2)cc1. The van der Waals surface area contributed by atoms with Crippen molar-refractivity contribution in [3.63, 3.8) is 0 Å². The number of amides is 2. The van der Waals surface area contributed by atoms with Crippen LogP contribution >= 0.6 is 0 Å². The summed E-state index contributed by atoms with van der Waals surface area (Å²) in [5, 5.41) is 2.92. The first kappa shape index (κ1) is 17.6. The van der Waals surface area contributed by atoms with E-state index in [9.17, 15) is 9.59 Å². The van der Waals surface area contributed by atoms with Gasteiger partial charge in [0.2, 0.25) is 11.8 Å². The summed E-state index contributed by atoms with van der Waals surface area (Å²) >= 11 is 0. The zero-order valence-corrected chi connectivity index (χ0v) is 15.5. The standard InChI is InChI=1S/C22H24N2O3/c1-2-27-18-11-9-17(10-12-18)23-20(25)22(13-14-22)21(26)24-15-5-7-16-6-3-4-8-19(16)24/h3-4,6,8-12H,2,5,7,13-15H2,1H3,(H,23,25). The van der Waals surface area contributed by atoms with Crippen molar-refractivity contribution in [2.45, 2.75) is 32.6 Å². The first-order chi connectivity index (χ1) is 13.1. The van der Waals surface area contributed by atoms with Crippen molar-refractivity contribution < 1.29 is 14.3 Å². The molecule has 0 unspecified atom stereocenters. The third-order valence-electron chi connectivity index (χ3n) is 5.37. The molecule has 0 aromatic heterocycles. The molecule has 0 radical (unpaired) electrons. The molecule has 1 saturated carbocycles. The normalized spacial score (nSPS) is 17.0. The Labute approximate surface area is 159 Å². The second kappa shape index (κ2) is 7.06. The molecular formula is C22H24N2O3. The quantitative estimate of drug-likeness (QED) is 0.822. The van der Waals surface area contributed by atoms with E-state index in [4.69, 9.17) is 4.74 Å². The Hall–Kier alpha value is -2.82. The third-order valence-corrected chi connectivity index (χ3v) is 5.37. The van der Waals surface area contributed by atoms with Crippen LogP contribution in [0.1, 0.15) is 31.7 Å². The van der Waals surface area contributed by atoms with Gasteiger partial charge in [-0.3, -0.25) is 9.59 Å². The monoisotopic (exact) mass is 364 g/mol. The fraction of sp³-hybridized carbons (Fsp3) is 0.364. The van der Waals surface area contributed by atoms with Gasteiger partial charge in [0.05, 0.1) is 6.61 Å². The topological polar surface area (TPSA) is 58.6 Å². The number of aryl methyl sites for hydroxylation is 1. The zero-order chi connectivity index (χ0) is 18.9. The molecule has 5 heteroatoms. The minimum atomic E-state index is -0.928. The number of carbonyl (C=O) groups is 2. The van der Waals surface area contributed by atoms with Crippen LogP contribution in [0.25, 0.3) is 0 Å². The summed E-state index contributed by atoms with van der Waals surface area (Å²) in [6.45, 7) is 3.20. The van der Waals surface area contributed by atoms with E-state index in [2.05, 4.69) is 11.4 Å². The van der Waals surface area contributed by atoms with Crippen LogP contribution in [0.5, 0.6) is 5.75 Å². The molecule has 5 nitrogen and oxygen atoms in total. The summed E-state index contributed by atoms with van der Waals surface area (Å²) in [5.41, 5.74) is 1.89. The lowest BCUT2D eigenvalue weighted by molar-refractivity contribution is -0.132. The van der Waals surface area contributed by atoms with Crippen LogP contribution in [0.3, 0.4) is 0 Å². The Balaban J connectivity index is 1.50. The van der Waals surface area contributed by atoms with Crippen molar-refractivity contribution in [2.75, 3.05) is 23.4 Å². The van der Waals surface area contributed by atoms with Gasteiger partial charge in [0.25, 0.3) is 0 Å². The second-order valence-electron chi connectivity index (χ2n) is 7.18. The van der Waals surface area contributed by atoms with Gasteiger partial charge in [-0.05, 0) is 68.5 Å². The highest BCUT2D eigenvalue weighted by Gasteiger charge is 2.58. The Morgan fingerprint density at radius 3 is 2.56 bits per heavy atom. The van der Waals surface area contributed by atoms with Gasteiger partial charge in [-0.25, -0.2) is 0 Å². The Bertz CT molecular complexity index is 856. The number of nitrogens with one attached hydrogen (secondary N) is 1. The van der Waals surface area contributed by atoms with Crippen LogP contribution in [0.4, 0.5) is 11.4 Å². The number of benzene rings is 2. The van der Waals surface area contributed by atoms with Crippen LogP contribution in [-0.2, 0) is 16.0 Å². The first-order valence-corrected chi connectivity index (χ1v) is 9.58. The van der Waals surface area contributed by atoms with Gasteiger partial charge in [-0.1, -0.05) is 18.2 Å². The van der Waals surface area contributed by atoms with Gasteiger partial charge in [-0.15, -0.1) is 0 Å². The maximum Gasteiger partial charge on any atom is 0.242 e. The number of anilines is 2. The van der Waals surface area contributed by atoms with Gasteiger partial charge in [0.15, 0.2) is 0 Å². The molecule has 1 fully saturated rings. The van der Waals surface area contributed by atoms with E-state index >= 15 is 0 Å². The summed E-state index contributed by atoms with van der Waals surface area (Å²) in [4.78, 5) is 28.0. The largest absolute Gasteiger partial charge is 0.494 e. The van der Waals surface area contributed by atoms with Gasteiger partial charge in [-0.2, -0.15) is 0 Å². The summed E-state index contributed by atoms with van der Waals surface area (Å²) in [5.74, 6) is 0.482. The predicted octanol–water partition coefficient (Wildman–Crippen LogP) is 3.78. The molecule has 2 aromatic carbocycles. The number of hydrogen-bond acceptors (Lipinski definition) is 3. The summed E-state index contributed by atoms with van der Waals surface area (Å²) in [7, 11) is 0. The van der Waals surface area contributed by atoms with E-state index in [-0.39, 0.29) is 11.8 Å². The molecule has 1 aliphatic heterocycles. The molecule has 1 N–H and O–H groups in total. The molecule has 0 bridgehead atoms. The highest BCUT2D eigenvalue weighted by atomic mass is 16.5. The minimum Gasteiger partial charge on any atom is -0.494 e. The van der Waals surface area contributed by atoms with Crippen molar-refractivity contribution in [2.24, 2.45) is 5.41 Å². The van der Waals surface area contributed by atoms with Gasteiger partial charge in [0, 0.05) is 17.9 Å². The molecule has 1 aliphatic carbocycles. The number of hydrogen-bond donors (Lipinski definition) is 1. The molecule has 4 rings (SSSR count). The molecular weight excluding hydrogens is 340 g/mol. The Morgan fingerprint density at radius 2 is 1.85 bits per heavy atom. The van der Waals surface area contributed by atoms with Crippen molar-refractivity contribution in [3.8, 4) is 5.75 Å². The van der Waals surface area contributed by atoms with Crippen LogP contribution < -0.4 is 15.0 Å². The summed E-state index contributed by atoms with van der Waals surface area (Å²) < 4.78 is 5.42. The summed E-state index contributed by atoms with van der Waals surface area (Å²) in [6.07, 6.45) is 3.12. The fourth-order valence-electron chi connectivity index (χ4n) is 3.72. The minimum absolute atomic E-state index is 0.0712. The average Bonchev–Trinajstić information content (AvgIpc) is 3.51. The van der Waals surface area contributed by atoms with Crippen LogP contribution in [0, 0.1) is 5.41 Å². The predicted molar refractivity (Wildman–Crippen MR) is 105 cm³/mol. The molecule has 1 heterocycles. The van der Waals surface area contributed by atoms with E-state index in [1.54, 1.807) is 12.1 Å². The number of carbonyl (C=O) groups excluding carboxylic acids is 2. The highest BCUT2D eigenvalue weighted by molar-refractivity contribution is 6.18. The lowest BCUT2D eigenvalue weighted by Crippen LogP contribution is -2.45. The third kappa shape index (κ3) is 3.29. The number of ether oxygens (including phenoxy) is 1. The highest BCUT2D eigenvalue weighted by Crippen LogP contribution is 2.49. The van der Waals surface area contributed by atoms with Crippen LogP contribution in [0.2, 0.25) is 0 Å².